The van der Waals surface area contributed by atoms with Crippen LogP contribution >= 0.6 is 22.6 Å². The third-order valence-corrected chi connectivity index (χ3v) is 3.46. The minimum Gasteiger partial charge on any atom is -0.307 e. The van der Waals surface area contributed by atoms with Gasteiger partial charge in [0.2, 0.25) is 0 Å². The van der Waals surface area contributed by atoms with Crippen LogP contribution in [0.15, 0.2) is 30.5 Å². The Balaban J connectivity index is 2.18. The lowest BCUT2D eigenvalue weighted by atomic mass is 10.2. The molecule has 1 aromatic heterocycles. The Bertz CT molecular complexity index is 597. The van der Waals surface area contributed by atoms with Gasteiger partial charge in [0.1, 0.15) is 11.6 Å². The molecule has 1 aromatic carbocycles. The Kier molecular flexibility index (Phi) is 4.52. The highest BCUT2D eigenvalue weighted by Gasteiger charge is 2.12. The van der Waals surface area contributed by atoms with E-state index in [1.807, 2.05) is 29.5 Å². The molecule has 0 spiro atoms. The number of hydrogen-bond donors (Lipinski definition) is 1. The molecular weight excluding hydrogens is 360 g/mol. The molecule has 100 valence electrons. The lowest BCUT2D eigenvalue weighted by Gasteiger charge is -2.09. The van der Waals surface area contributed by atoms with E-state index in [0.717, 1.165) is 13.0 Å². The molecule has 1 N–H and O–H groups in total. The van der Waals surface area contributed by atoms with Crippen LogP contribution in [0.25, 0.3) is 0 Å². The van der Waals surface area contributed by atoms with Gasteiger partial charge in [-0.05, 0) is 47.2 Å². The molecule has 0 saturated heterocycles. The van der Waals surface area contributed by atoms with Gasteiger partial charge in [-0.1, -0.05) is 6.92 Å². The maximum Gasteiger partial charge on any atom is 0.257 e. The van der Waals surface area contributed by atoms with E-state index >= 15 is 0 Å². The Morgan fingerprint density at radius 1 is 1.47 bits per heavy atom. The zero-order valence-electron chi connectivity index (χ0n) is 10.4. The average Bonchev–Trinajstić information content (AvgIpc) is 2.77. The Morgan fingerprint density at radius 2 is 2.26 bits per heavy atom. The lowest BCUT2D eigenvalue weighted by Crippen LogP contribution is -2.17. The number of amides is 1. The molecule has 1 amide bonds. The molecule has 0 aliphatic heterocycles. The summed E-state index contributed by atoms with van der Waals surface area (Å²) in [5.74, 6) is 0.0335. The first-order valence-corrected chi connectivity index (χ1v) is 6.98. The monoisotopic (exact) mass is 373 g/mol. The van der Waals surface area contributed by atoms with Gasteiger partial charge in [0, 0.05) is 16.2 Å². The van der Waals surface area contributed by atoms with E-state index in [-0.39, 0.29) is 11.7 Å². The molecule has 4 nitrogen and oxygen atoms in total. The molecule has 2 rings (SSSR count). The topological polar surface area (TPSA) is 46.9 Å². The van der Waals surface area contributed by atoms with E-state index in [0.29, 0.717) is 15.0 Å². The molecule has 0 bridgehead atoms. The van der Waals surface area contributed by atoms with E-state index < -0.39 is 0 Å². The average molecular weight is 373 g/mol. The molecule has 1 heterocycles. The Labute approximate surface area is 124 Å². The van der Waals surface area contributed by atoms with Crippen molar-refractivity contribution in [3.63, 3.8) is 0 Å². The molecule has 0 atom stereocenters. The van der Waals surface area contributed by atoms with E-state index in [2.05, 4.69) is 10.4 Å². The van der Waals surface area contributed by atoms with Crippen LogP contribution in [0.5, 0.6) is 0 Å². The smallest absolute Gasteiger partial charge is 0.257 e. The second kappa shape index (κ2) is 6.14. The fraction of sp³-hybridized carbons (Fsp3) is 0.231. The largest absolute Gasteiger partial charge is 0.307 e. The quantitative estimate of drug-likeness (QED) is 0.837. The first-order chi connectivity index (χ1) is 9.11. The minimum absolute atomic E-state index is 0.262. The highest BCUT2D eigenvalue weighted by molar-refractivity contribution is 14.1. The molecule has 0 aliphatic carbocycles. The second-order valence-corrected chi connectivity index (χ2v) is 5.18. The number of carbonyl (C=O) groups excluding carboxylic acids is 1. The van der Waals surface area contributed by atoms with Crippen molar-refractivity contribution in [2.24, 2.45) is 0 Å². The van der Waals surface area contributed by atoms with E-state index in [9.17, 15) is 9.18 Å². The third kappa shape index (κ3) is 3.31. The number of carbonyl (C=O) groups is 1. The Morgan fingerprint density at radius 3 is 2.95 bits per heavy atom. The summed E-state index contributed by atoms with van der Waals surface area (Å²) in [4.78, 5) is 12.1. The van der Waals surface area contributed by atoms with Crippen LogP contribution in [0.1, 0.15) is 23.7 Å². The van der Waals surface area contributed by atoms with Crippen LogP contribution in [-0.2, 0) is 6.54 Å². The van der Waals surface area contributed by atoms with Crippen LogP contribution in [0.4, 0.5) is 10.2 Å². The number of aromatic nitrogens is 2. The number of halogens is 2. The Hall–Kier alpha value is -1.44. The maximum absolute atomic E-state index is 13.0. The number of hydrogen-bond acceptors (Lipinski definition) is 2. The van der Waals surface area contributed by atoms with E-state index in [1.165, 1.54) is 18.2 Å². The van der Waals surface area contributed by atoms with Crippen molar-refractivity contribution < 1.29 is 9.18 Å². The van der Waals surface area contributed by atoms with Crippen molar-refractivity contribution in [3.05, 3.63) is 45.4 Å². The van der Waals surface area contributed by atoms with Gasteiger partial charge in [0.15, 0.2) is 0 Å². The third-order valence-electron chi connectivity index (χ3n) is 2.57. The predicted molar refractivity (Wildman–Crippen MR) is 79.6 cm³/mol. The molecular formula is C13H13FIN3O. The molecule has 0 fully saturated rings. The zero-order valence-corrected chi connectivity index (χ0v) is 12.5. The summed E-state index contributed by atoms with van der Waals surface area (Å²) in [5.41, 5.74) is 0.450. The number of anilines is 1. The first-order valence-electron chi connectivity index (χ1n) is 5.90. The predicted octanol–water partition coefficient (Wildman–Crippen LogP) is 3.29. The van der Waals surface area contributed by atoms with Gasteiger partial charge < -0.3 is 5.32 Å². The highest BCUT2D eigenvalue weighted by Crippen LogP contribution is 2.16. The normalized spacial score (nSPS) is 10.5. The summed E-state index contributed by atoms with van der Waals surface area (Å²) in [7, 11) is 0. The molecule has 0 aliphatic rings. The van der Waals surface area contributed by atoms with Crippen LogP contribution in [-0.4, -0.2) is 15.7 Å². The summed E-state index contributed by atoms with van der Waals surface area (Å²) < 4.78 is 15.3. The number of nitrogens with one attached hydrogen (secondary N) is 1. The number of nitrogens with zero attached hydrogens (tertiary/aromatic N) is 2. The highest BCUT2D eigenvalue weighted by atomic mass is 127. The summed E-state index contributed by atoms with van der Waals surface area (Å²) in [5, 5.41) is 6.92. The van der Waals surface area contributed by atoms with Crippen molar-refractivity contribution in [3.8, 4) is 0 Å². The van der Waals surface area contributed by atoms with Crippen LogP contribution in [0.3, 0.4) is 0 Å². The van der Waals surface area contributed by atoms with Crippen molar-refractivity contribution in [2.45, 2.75) is 19.9 Å². The maximum atomic E-state index is 13.0. The molecule has 6 heteroatoms. The van der Waals surface area contributed by atoms with E-state index in [1.54, 1.807) is 16.9 Å². The standard InChI is InChI=1S/C13H13FIN3O/c1-2-7-18-12(5-6-16-18)17-13(19)10-4-3-9(14)8-11(10)15/h3-6,8H,2,7H2,1H3,(H,17,19). The van der Waals surface area contributed by atoms with Gasteiger partial charge >= 0.3 is 0 Å². The molecule has 19 heavy (non-hydrogen) atoms. The number of aryl methyl sites for hydroxylation is 1. The van der Waals surface area contributed by atoms with Gasteiger partial charge in [-0.2, -0.15) is 5.10 Å². The fourth-order valence-electron chi connectivity index (χ4n) is 1.69. The summed E-state index contributed by atoms with van der Waals surface area (Å²) in [6.07, 6.45) is 2.57. The van der Waals surface area contributed by atoms with Crippen molar-refractivity contribution in [2.75, 3.05) is 5.32 Å². The van der Waals surface area contributed by atoms with Gasteiger partial charge in [-0.3, -0.25) is 4.79 Å². The SMILES string of the molecule is CCCn1nccc1NC(=O)c1ccc(F)cc1I. The van der Waals surface area contributed by atoms with Gasteiger partial charge in [0.25, 0.3) is 5.91 Å². The molecule has 0 unspecified atom stereocenters. The minimum atomic E-state index is -0.350. The number of rotatable bonds is 4. The molecule has 0 radical (unpaired) electrons. The number of benzene rings is 1. The fourth-order valence-corrected chi connectivity index (χ4v) is 2.41. The molecule has 2 aromatic rings. The summed E-state index contributed by atoms with van der Waals surface area (Å²) in [6.45, 7) is 2.78. The lowest BCUT2D eigenvalue weighted by molar-refractivity contribution is 0.102. The van der Waals surface area contributed by atoms with Gasteiger partial charge in [0.05, 0.1) is 11.8 Å². The van der Waals surface area contributed by atoms with Crippen LogP contribution < -0.4 is 5.32 Å². The van der Waals surface area contributed by atoms with Gasteiger partial charge in [-0.25, -0.2) is 9.07 Å². The molecule has 0 saturated carbocycles. The van der Waals surface area contributed by atoms with Crippen LogP contribution in [0.2, 0.25) is 0 Å². The summed E-state index contributed by atoms with van der Waals surface area (Å²) >= 11 is 1.94. The second-order valence-electron chi connectivity index (χ2n) is 4.02. The van der Waals surface area contributed by atoms with Crippen molar-refractivity contribution in [1.29, 1.82) is 0 Å². The van der Waals surface area contributed by atoms with Crippen molar-refractivity contribution in [1.82, 2.24) is 9.78 Å². The summed E-state index contributed by atoms with van der Waals surface area (Å²) in [6, 6.07) is 5.83. The van der Waals surface area contributed by atoms with Crippen LogP contribution in [0, 0.1) is 9.39 Å². The van der Waals surface area contributed by atoms with Gasteiger partial charge in [-0.15, -0.1) is 0 Å². The van der Waals surface area contributed by atoms with Crippen molar-refractivity contribution >= 4 is 34.3 Å². The first kappa shape index (κ1) is 14.0. The van der Waals surface area contributed by atoms with E-state index in [4.69, 9.17) is 0 Å². The zero-order chi connectivity index (χ0) is 13.8.